The van der Waals surface area contributed by atoms with Crippen LogP contribution in [0.25, 0.3) is 32.7 Å². The molecule has 53 heavy (non-hydrogen) atoms. The van der Waals surface area contributed by atoms with Gasteiger partial charge in [-0.05, 0) is 92.7 Å². The van der Waals surface area contributed by atoms with Gasteiger partial charge in [-0.25, -0.2) is 0 Å². The molecule has 0 fully saturated rings. The second-order valence-electron chi connectivity index (χ2n) is 14.1. The molecule has 0 unspecified atom stereocenters. The van der Waals surface area contributed by atoms with Gasteiger partial charge in [-0.1, -0.05) is 158 Å². The topological polar surface area (TPSA) is 6.48 Å². The second kappa shape index (κ2) is 11.6. The summed E-state index contributed by atoms with van der Waals surface area (Å²) in [6.07, 6.45) is 0. The van der Waals surface area contributed by atoms with Crippen molar-refractivity contribution in [2.45, 2.75) is 5.41 Å². The van der Waals surface area contributed by atoms with Crippen LogP contribution in [0.4, 0.5) is 34.1 Å². The molecular formula is C51H34N2. The van der Waals surface area contributed by atoms with Crippen LogP contribution in [0, 0.1) is 0 Å². The zero-order chi connectivity index (χ0) is 34.9. The minimum atomic E-state index is -0.420. The average molecular weight is 675 g/mol. The summed E-state index contributed by atoms with van der Waals surface area (Å²) in [6, 6.07) is 75.7. The number of hydrogen-bond donors (Lipinski definition) is 0. The Kier molecular flexibility index (Phi) is 6.50. The van der Waals surface area contributed by atoms with Crippen molar-refractivity contribution < 1.29 is 0 Å². The fraction of sp³-hybridized carbons (Fsp3) is 0.0196. The fourth-order valence-electron chi connectivity index (χ4n) is 9.31. The first-order valence-electron chi connectivity index (χ1n) is 18.4. The van der Waals surface area contributed by atoms with E-state index in [0.717, 1.165) is 22.7 Å². The Bertz CT molecular complexity index is 2680. The van der Waals surface area contributed by atoms with Gasteiger partial charge in [-0.15, -0.1) is 0 Å². The molecule has 0 N–H and O–H groups in total. The van der Waals surface area contributed by atoms with Crippen LogP contribution < -0.4 is 9.80 Å². The van der Waals surface area contributed by atoms with Gasteiger partial charge in [-0.2, -0.15) is 0 Å². The molecule has 248 valence electrons. The number of para-hydroxylation sites is 2. The largest absolute Gasteiger partial charge is 0.310 e. The molecule has 0 amide bonds. The van der Waals surface area contributed by atoms with Crippen molar-refractivity contribution in [3.05, 3.63) is 229 Å². The lowest BCUT2D eigenvalue weighted by Gasteiger charge is -2.45. The quantitative estimate of drug-likeness (QED) is 0.183. The maximum atomic E-state index is 2.46. The molecule has 1 aliphatic heterocycles. The Labute approximate surface area is 309 Å². The van der Waals surface area contributed by atoms with Crippen LogP contribution >= 0.6 is 0 Å². The molecule has 0 saturated carbocycles. The Morgan fingerprint density at radius 3 is 1.28 bits per heavy atom. The van der Waals surface area contributed by atoms with Gasteiger partial charge in [-0.3, -0.25) is 0 Å². The minimum absolute atomic E-state index is 0.420. The van der Waals surface area contributed by atoms with Gasteiger partial charge < -0.3 is 9.80 Å². The maximum absolute atomic E-state index is 2.46. The van der Waals surface area contributed by atoms with E-state index < -0.39 is 5.41 Å². The predicted octanol–water partition coefficient (Wildman–Crippen LogP) is 13.6. The van der Waals surface area contributed by atoms with Crippen LogP contribution in [-0.2, 0) is 5.41 Å². The molecule has 0 radical (unpaired) electrons. The van der Waals surface area contributed by atoms with Crippen molar-refractivity contribution in [1.82, 2.24) is 0 Å². The highest BCUT2D eigenvalue weighted by Gasteiger charge is 2.51. The summed E-state index contributed by atoms with van der Waals surface area (Å²) in [6.45, 7) is 0. The fourth-order valence-corrected chi connectivity index (χ4v) is 9.31. The van der Waals surface area contributed by atoms with Crippen LogP contribution in [0.2, 0.25) is 0 Å². The number of anilines is 6. The first-order chi connectivity index (χ1) is 26.3. The van der Waals surface area contributed by atoms with Gasteiger partial charge in [0.25, 0.3) is 0 Å². The van der Waals surface area contributed by atoms with Crippen LogP contribution in [0.5, 0.6) is 0 Å². The molecule has 0 saturated heterocycles. The zero-order valence-electron chi connectivity index (χ0n) is 29.0. The molecular weight excluding hydrogens is 641 g/mol. The lowest BCUT2D eigenvalue weighted by Crippen LogP contribution is -2.36. The van der Waals surface area contributed by atoms with Crippen molar-refractivity contribution >= 4 is 55.7 Å². The van der Waals surface area contributed by atoms with E-state index in [1.54, 1.807) is 0 Å². The maximum Gasteiger partial charge on any atom is 0.0754 e. The monoisotopic (exact) mass is 674 g/mol. The zero-order valence-corrected chi connectivity index (χ0v) is 29.0. The normalized spacial score (nSPS) is 13.4. The van der Waals surface area contributed by atoms with Gasteiger partial charge in [0.1, 0.15) is 0 Å². The number of nitrogens with zero attached hydrogens (tertiary/aromatic N) is 2. The summed E-state index contributed by atoms with van der Waals surface area (Å²) in [4.78, 5) is 4.89. The van der Waals surface area contributed by atoms with Crippen molar-refractivity contribution in [3.8, 4) is 11.1 Å². The Hall–Kier alpha value is -6.90. The van der Waals surface area contributed by atoms with Crippen LogP contribution in [0.3, 0.4) is 0 Å². The summed E-state index contributed by atoms with van der Waals surface area (Å²) >= 11 is 0. The summed E-state index contributed by atoms with van der Waals surface area (Å²) in [5.41, 5.74) is 14.4. The third-order valence-electron chi connectivity index (χ3n) is 11.4. The molecule has 2 heteroatoms. The highest BCUT2D eigenvalue weighted by Crippen LogP contribution is 2.63. The van der Waals surface area contributed by atoms with Gasteiger partial charge in [0.05, 0.1) is 28.2 Å². The van der Waals surface area contributed by atoms with Crippen LogP contribution in [-0.4, -0.2) is 0 Å². The first kappa shape index (κ1) is 29.8. The average Bonchev–Trinajstić information content (AvgIpc) is 3.52. The molecule has 11 rings (SSSR count). The molecule has 9 aromatic rings. The Balaban J connectivity index is 1.11. The molecule has 9 aromatic carbocycles. The van der Waals surface area contributed by atoms with E-state index in [-0.39, 0.29) is 0 Å². The summed E-state index contributed by atoms with van der Waals surface area (Å²) in [5.74, 6) is 0. The van der Waals surface area contributed by atoms with Gasteiger partial charge in [0.15, 0.2) is 0 Å². The van der Waals surface area contributed by atoms with Crippen LogP contribution in [0.15, 0.2) is 206 Å². The smallest absolute Gasteiger partial charge is 0.0754 e. The first-order valence-corrected chi connectivity index (χ1v) is 18.4. The lowest BCUT2D eigenvalue weighted by atomic mass is 9.64. The SMILES string of the molecule is c1ccc2c(c1)-c1ccccc1C21c2ccccc2N(c2ccc(N(c3cccc4ccccc34)c3cccc4ccccc34)cc2)c2ccccc21. The summed E-state index contributed by atoms with van der Waals surface area (Å²) < 4.78 is 0. The minimum Gasteiger partial charge on any atom is -0.310 e. The van der Waals surface area contributed by atoms with E-state index in [1.165, 1.54) is 66.3 Å². The van der Waals surface area contributed by atoms with Crippen molar-refractivity contribution in [2.75, 3.05) is 9.80 Å². The molecule has 1 spiro atoms. The van der Waals surface area contributed by atoms with E-state index in [9.17, 15) is 0 Å². The third kappa shape index (κ3) is 4.21. The van der Waals surface area contributed by atoms with Crippen molar-refractivity contribution in [3.63, 3.8) is 0 Å². The molecule has 0 atom stereocenters. The van der Waals surface area contributed by atoms with E-state index in [0.29, 0.717) is 0 Å². The van der Waals surface area contributed by atoms with Gasteiger partial charge in [0.2, 0.25) is 0 Å². The molecule has 2 nitrogen and oxygen atoms in total. The predicted molar refractivity (Wildman–Crippen MR) is 222 cm³/mol. The molecule has 1 heterocycles. The molecule has 0 aromatic heterocycles. The number of hydrogen-bond acceptors (Lipinski definition) is 2. The Morgan fingerprint density at radius 1 is 0.340 bits per heavy atom. The second-order valence-corrected chi connectivity index (χ2v) is 14.1. The highest BCUT2D eigenvalue weighted by atomic mass is 15.2. The molecule has 2 aliphatic rings. The van der Waals surface area contributed by atoms with Gasteiger partial charge >= 0.3 is 0 Å². The van der Waals surface area contributed by atoms with Crippen LogP contribution in [0.1, 0.15) is 22.3 Å². The lowest BCUT2D eigenvalue weighted by molar-refractivity contribution is 0.752. The van der Waals surface area contributed by atoms with E-state index in [1.807, 2.05) is 0 Å². The highest BCUT2D eigenvalue weighted by molar-refractivity contribution is 6.05. The van der Waals surface area contributed by atoms with Crippen molar-refractivity contribution in [2.24, 2.45) is 0 Å². The standard InChI is InChI=1S/C51H34N2/c1-3-19-39-35(15-1)17-13-29-47(39)52(48-30-14-18-36-16-2-4-20-40(36)48)37-31-33-38(34-32-37)53-49-27-11-9-25-45(49)51(46-26-10-12-28-50(46)53)43-23-7-5-21-41(43)42-22-6-8-24-44(42)51/h1-34H. The number of rotatable bonds is 4. The number of benzene rings is 9. The van der Waals surface area contributed by atoms with Gasteiger partial charge in [0, 0.05) is 22.1 Å². The molecule has 0 bridgehead atoms. The van der Waals surface area contributed by atoms with Crippen molar-refractivity contribution in [1.29, 1.82) is 0 Å². The third-order valence-corrected chi connectivity index (χ3v) is 11.4. The van der Waals surface area contributed by atoms with E-state index >= 15 is 0 Å². The molecule has 1 aliphatic carbocycles. The number of fused-ring (bicyclic) bond motifs is 11. The summed E-state index contributed by atoms with van der Waals surface area (Å²) in [7, 11) is 0. The summed E-state index contributed by atoms with van der Waals surface area (Å²) in [5, 5.41) is 4.87. The van der Waals surface area contributed by atoms with E-state index in [4.69, 9.17) is 0 Å². The van der Waals surface area contributed by atoms with E-state index in [2.05, 4.69) is 216 Å². The Morgan fingerprint density at radius 2 is 0.755 bits per heavy atom.